The lowest BCUT2D eigenvalue weighted by Crippen LogP contribution is -2.19. The highest BCUT2D eigenvalue weighted by molar-refractivity contribution is 5.91. The lowest BCUT2D eigenvalue weighted by molar-refractivity contribution is -0.384. The number of rotatable bonds is 8. The third-order valence-corrected chi connectivity index (χ3v) is 2.93. The Morgan fingerprint density at radius 1 is 1.38 bits per heavy atom. The van der Waals surface area contributed by atoms with Gasteiger partial charge in [-0.2, -0.15) is 5.10 Å². The van der Waals surface area contributed by atoms with Crippen molar-refractivity contribution in [3.05, 3.63) is 46.3 Å². The van der Waals surface area contributed by atoms with Crippen LogP contribution in [0, 0.1) is 10.1 Å². The Labute approximate surface area is 144 Å². The standard InChI is InChI=1S/C14H12F2N4O6/c15-12(16)7-26-10-4-8(3-9(5-10)20(24)25)17-13(21)6-19-2-1-11(18-19)14(22)23/h1-5,12H,6-7H2,(H,17,21)(H,22,23). The Kier molecular flexibility index (Phi) is 5.78. The number of aromatic carboxylic acids is 1. The Morgan fingerprint density at radius 2 is 2.12 bits per heavy atom. The van der Waals surface area contributed by atoms with Crippen LogP contribution in [-0.2, 0) is 11.3 Å². The second-order valence-corrected chi connectivity index (χ2v) is 4.93. The molecule has 0 fully saturated rings. The molecule has 0 bridgehead atoms. The van der Waals surface area contributed by atoms with Crippen molar-refractivity contribution in [1.29, 1.82) is 0 Å². The zero-order chi connectivity index (χ0) is 19.3. The lowest BCUT2D eigenvalue weighted by atomic mass is 10.2. The van der Waals surface area contributed by atoms with Crippen molar-refractivity contribution in [1.82, 2.24) is 9.78 Å². The summed E-state index contributed by atoms with van der Waals surface area (Å²) in [4.78, 5) is 32.8. The van der Waals surface area contributed by atoms with Crippen LogP contribution in [0.3, 0.4) is 0 Å². The van der Waals surface area contributed by atoms with E-state index < -0.39 is 35.5 Å². The molecule has 2 rings (SSSR count). The van der Waals surface area contributed by atoms with Gasteiger partial charge in [-0.15, -0.1) is 0 Å². The minimum atomic E-state index is -2.77. The summed E-state index contributed by atoms with van der Waals surface area (Å²) in [6.07, 6.45) is -1.50. The molecule has 10 nitrogen and oxygen atoms in total. The van der Waals surface area contributed by atoms with Crippen LogP contribution in [0.4, 0.5) is 20.2 Å². The van der Waals surface area contributed by atoms with E-state index >= 15 is 0 Å². The summed E-state index contributed by atoms with van der Waals surface area (Å²) >= 11 is 0. The van der Waals surface area contributed by atoms with E-state index in [-0.39, 0.29) is 23.7 Å². The topological polar surface area (TPSA) is 137 Å². The Hall–Kier alpha value is -3.57. The molecule has 0 aliphatic carbocycles. The van der Waals surface area contributed by atoms with Crippen molar-refractivity contribution in [2.45, 2.75) is 13.0 Å². The largest absolute Gasteiger partial charge is 0.487 e. The molecule has 1 aromatic heterocycles. The van der Waals surface area contributed by atoms with Gasteiger partial charge in [-0.25, -0.2) is 13.6 Å². The van der Waals surface area contributed by atoms with Gasteiger partial charge in [-0.05, 0) is 6.07 Å². The third-order valence-electron chi connectivity index (χ3n) is 2.93. The fraction of sp³-hybridized carbons (Fsp3) is 0.214. The number of aromatic nitrogens is 2. The summed E-state index contributed by atoms with van der Waals surface area (Å²) in [6.45, 7) is -1.32. The molecule has 2 aromatic rings. The summed E-state index contributed by atoms with van der Waals surface area (Å²) in [5, 5.41) is 25.6. The summed E-state index contributed by atoms with van der Waals surface area (Å²) < 4.78 is 30.2. The molecule has 138 valence electrons. The van der Waals surface area contributed by atoms with Gasteiger partial charge in [0.2, 0.25) is 5.91 Å². The molecule has 0 unspecified atom stereocenters. The fourth-order valence-corrected chi connectivity index (χ4v) is 1.91. The molecule has 0 aliphatic heterocycles. The van der Waals surface area contributed by atoms with Crippen LogP contribution in [0.25, 0.3) is 0 Å². The molecule has 0 spiro atoms. The lowest BCUT2D eigenvalue weighted by Gasteiger charge is -2.09. The molecule has 0 saturated carbocycles. The summed E-state index contributed by atoms with van der Waals surface area (Å²) in [6, 6.07) is 4.32. The first-order valence-corrected chi connectivity index (χ1v) is 7.01. The third kappa shape index (κ3) is 5.22. The number of hydrogen-bond donors (Lipinski definition) is 2. The maximum Gasteiger partial charge on any atom is 0.356 e. The van der Waals surface area contributed by atoms with E-state index in [0.29, 0.717) is 0 Å². The number of ether oxygens (including phenoxy) is 1. The van der Waals surface area contributed by atoms with Crippen molar-refractivity contribution in [3.63, 3.8) is 0 Å². The van der Waals surface area contributed by atoms with E-state index in [9.17, 15) is 28.5 Å². The fourth-order valence-electron chi connectivity index (χ4n) is 1.91. The molecular formula is C14H12F2N4O6. The number of nitro benzene ring substituents is 1. The predicted octanol–water partition coefficient (Wildman–Crippen LogP) is 1.77. The van der Waals surface area contributed by atoms with Gasteiger partial charge in [0.25, 0.3) is 12.1 Å². The maximum absolute atomic E-state index is 12.2. The van der Waals surface area contributed by atoms with E-state index in [1.54, 1.807) is 0 Å². The first-order chi connectivity index (χ1) is 12.2. The number of nitrogens with one attached hydrogen (secondary N) is 1. The van der Waals surface area contributed by atoms with Crippen molar-refractivity contribution >= 4 is 23.3 Å². The van der Waals surface area contributed by atoms with Crippen LogP contribution in [0.5, 0.6) is 5.75 Å². The first kappa shape index (κ1) is 18.8. The average molecular weight is 370 g/mol. The number of nitrogens with zero attached hydrogens (tertiary/aromatic N) is 3. The highest BCUT2D eigenvalue weighted by atomic mass is 19.3. The number of halogens is 2. The van der Waals surface area contributed by atoms with Gasteiger partial charge < -0.3 is 15.2 Å². The Morgan fingerprint density at radius 3 is 2.69 bits per heavy atom. The van der Waals surface area contributed by atoms with Crippen LogP contribution in [0.1, 0.15) is 10.5 Å². The average Bonchev–Trinajstić information content (AvgIpc) is 3.01. The van der Waals surface area contributed by atoms with Gasteiger partial charge in [0.15, 0.2) is 5.69 Å². The highest BCUT2D eigenvalue weighted by Gasteiger charge is 2.15. The van der Waals surface area contributed by atoms with Gasteiger partial charge in [-0.3, -0.25) is 19.6 Å². The maximum atomic E-state index is 12.2. The molecule has 0 saturated heterocycles. The molecule has 26 heavy (non-hydrogen) atoms. The number of carbonyl (C=O) groups is 2. The number of alkyl halides is 2. The number of anilines is 1. The minimum Gasteiger partial charge on any atom is -0.487 e. The summed E-state index contributed by atoms with van der Waals surface area (Å²) in [5.41, 5.74) is -0.755. The van der Waals surface area contributed by atoms with E-state index in [1.165, 1.54) is 12.3 Å². The van der Waals surface area contributed by atoms with Crippen LogP contribution in [0.15, 0.2) is 30.5 Å². The zero-order valence-electron chi connectivity index (χ0n) is 13.0. The van der Waals surface area contributed by atoms with Crippen LogP contribution < -0.4 is 10.1 Å². The van der Waals surface area contributed by atoms with E-state index in [2.05, 4.69) is 10.4 Å². The van der Waals surface area contributed by atoms with Crippen molar-refractivity contribution < 1.29 is 33.1 Å². The molecule has 0 aliphatic rings. The number of benzene rings is 1. The molecule has 1 aromatic carbocycles. The summed E-state index contributed by atoms with van der Waals surface area (Å²) in [7, 11) is 0. The van der Waals surface area contributed by atoms with Gasteiger partial charge >= 0.3 is 5.97 Å². The van der Waals surface area contributed by atoms with Crippen molar-refractivity contribution in [2.75, 3.05) is 11.9 Å². The van der Waals surface area contributed by atoms with Crippen molar-refractivity contribution in [2.24, 2.45) is 0 Å². The Balaban J connectivity index is 2.11. The number of carbonyl (C=O) groups excluding carboxylic acids is 1. The number of non-ortho nitro benzene ring substituents is 1. The molecule has 0 atom stereocenters. The van der Waals surface area contributed by atoms with Gasteiger partial charge in [-0.1, -0.05) is 0 Å². The molecule has 2 N–H and O–H groups in total. The van der Waals surface area contributed by atoms with Crippen LogP contribution >= 0.6 is 0 Å². The monoisotopic (exact) mass is 370 g/mol. The molecule has 1 heterocycles. The number of nitro groups is 1. The van der Waals surface area contributed by atoms with E-state index in [4.69, 9.17) is 9.84 Å². The quantitative estimate of drug-likeness (QED) is 0.534. The van der Waals surface area contributed by atoms with Gasteiger partial charge in [0, 0.05) is 18.3 Å². The van der Waals surface area contributed by atoms with Gasteiger partial charge in [0.1, 0.15) is 18.9 Å². The smallest absolute Gasteiger partial charge is 0.356 e. The van der Waals surface area contributed by atoms with Crippen LogP contribution in [0.2, 0.25) is 0 Å². The number of amides is 1. The van der Waals surface area contributed by atoms with Crippen LogP contribution in [-0.4, -0.2) is 44.7 Å². The molecule has 12 heteroatoms. The molecule has 0 radical (unpaired) electrons. The van der Waals surface area contributed by atoms with Gasteiger partial charge in [0.05, 0.1) is 16.7 Å². The predicted molar refractivity (Wildman–Crippen MR) is 82.4 cm³/mol. The van der Waals surface area contributed by atoms with Crippen molar-refractivity contribution in [3.8, 4) is 5.75 Å². The molecule has 1 amide bonds. The normalized spacial score (nSPS) is 10.6. The summed E-state index contributed by atoms with van der Waals surface area (Å²) in [5.74, 6) is -2.13. The highest BCUT2D eigenvalue weighted by Crippen LogP contribution is 2.26. The van der Waals surface area contributed by atoms with E-state index in [1.807, 2.05) is 0 Å². The SMILES string of the molecule is O=C(Cn1ccc(C(=O)O)n1)Nc1cc(OCC(F)F)cc([N+](=O)[O-])c1. The first-order valence-electron chi connectivity index (χ1n) is 7.01. The van der Waals surface area contributed by atoms with E-state index in [0.717, 1.165) is 22.9 Å². The number of carboxylic acids is 1. The molecular weight excluding hydrogens is 358 g/mol. The Bertz CT molecular complexity index is 839. The minimum absolute atomic E-state index is 0.0425. The zero-order valence-corrected chi connectivity index (χ0v) is 13.0. The number of carboxylic acid groups (broad SMARTS) is 1. The second-order valence-electron chi connectivity index (χ2n) is 4.93. The second kappa shape index (κ2) is 8.00. The number of hydrogen-bond acceptors (Lipinski definition) is 6.